The molecule has 2 aromatic carbocycles. The van der Waals surface area contributed by atoms with Crippen molar-refractivity contribution >= 4 is 28.3 Å². The van der Waals surface area contributed by atoms with Crippen molar-refractivity contribution in [1.29, 1.82) is 0 Å². The molecule has 1 aliphatic carbocycles. The molecule has 1 aromatic heterocycles. The third-order valence-electron chi connectivity index (χ3n) is 4.80. The van der Waals surface area contributed by atoms with Crippen molar-refractivity contribution in [2.45, 2.75) is 32.6 Å². The van der Waals surface area contributed by atoms with Gasteiger partial charge in [-0.05, 0) is 61.6 Å². The van der Waals surface area contributed by atoms with Crippen molar-refractivity contribution in [3.8, 4) is 0 Å². The van der Waals surface area contributed by atoms with E-state index < -0.39 is 0 Å². The van der Waals surface area contributed by atoms with Gasteiger partial charge >= 0.3 is 0 Å². The summed E-state index contributed by atoms with van der Waals surface area (Å²) in [5.74, 6) is -0.225. The number of furan rings is 1. The minimum atomic E-state index is -0.156. The fourth-order valence-electron chi connectivity index (χ4n) is 3.55. The van der Waals surface area contributed by atoms with Crippen LogP contribution in [0.15, 0.2) is 47.1 Å². The Kier molecular flexibility index (Phi) is 3.88. The number of anilines is 1. The first-order chi connectivity index (χ1) is 12.1. The van der Waals surface area contributed by atoms with E-state index in [0.717, 1.165) is 29.4 Å². The SMILES string of the molecule is CC(=O)c1ccccc1NC(=O)Cc1coc2cc3c(cc12)CCC3. The second-order valence-corrected chi connectivity index (χ2v) is 6.56. The van der Waals surface area contributed by atoms with Crippen LogP contribution in [0.25, 0.3) is 11.0 Å². The lowest BCUT2D eigenvalue weighted by molar-refractivity contribution is -0.115. The molecule has 1 heterocycles. The number of hydrogen-bond donors (Lipinski definition) is 1. The van der Waals surface area contributed by atoms with Crippen molar-refractivity contribution in [3.63, 3.8) is 0 Å². The van der Waals surface area contributed by atoms with Crippen molar-refractivity contribution < 1.29 is 14.0 Å². The Morgan fingerprint density at radius 1 is 1.12 bits per heavy atom. The van der Waals surface area contributed by atoms with Crippen LogP contribution in [-0.4, -0.2) is 11.7 Å². The van der Waals surface area contributed by atoms with E-state index in [0.29, 0.717) is 11.3 Å². The minimum Gasteiger partial charge on any atom is -0.464 e. The number of ketones is 1. The lowest BCUT2D eigenvalue weighted by Crippen LogP contribution is -2.16. The maximum absolute atomic E-state index is 12.5. The average Bonchev–Trinajstić information content (AvgIpc) is 3.20. The highest BCUT2D eigenvalue weighted by atomic mass is 16.3. The molecule has 0 aliphatic heterocycles. The molecule has 126 valence electrons. The Balaban J connectivity index is 1.58. The van der Waals surface area contributed by atoms with Crippen LogP contribution in [0.5, 0.6) is 0 Å². The molecule has 1 N–H and O–H groups in total. The second-order valence-electron chi connectivity index (χ2n) is 6.56. The van der Waals surface area contributed by atoms with Crippen LogP contribution in [0.1, 0.15) is 40.4 Å². The largest absolute Gasteiger partial charge is 0.464 e. The first kappa shape index (κ1) is 15.6. The lowest BCUT2D eigenvalue weighted by atomic mass is 10.0. The topological polar surface area (TPSA) is 59.3 Å². The fourth-order valence-corrected chi connectivity index (χ4v) is 3.55. The van der Waals surface area contributed by atoms with Crippen LogP contribution in [0.4, 0.5) is 5.69 Å². The molecule has 0 unspecified atom stereocenters. The maximum Gasteiger partial charge on any atom is 0.228 e. The number of rotatable bonds is 4. The fraction of sp³-hybridized carbons (Fsp3) is 0.238. The van der Waals surface area contributed by atoms with Gasteiger partial charge in [-0.3, -0.25) is 9.59 Å². The molecular weight excluding hydrogens is 314 g/mol. The van der Waals surface area contributed by atoms with Gasteiger partial charge in [-0.2, -0.15) is 0 Å². The molecule has 0 radical (unpaired) electrons. The molecule has 4 nitrogen and oxygen atoms in total. The van der Waals surface area contributed by atoms with Crippen LogP contribution in [0, 0.1) is 0 Å². The number of aryl methyl sites for hydroxylation is 2. The number of hydrogen-bond acceptors (Lipinski definition) is 3. The highest BCUT2D eigenvalue weighted by Gasteiger charge is 2.17. The number of fused-ring (bicyclic) bond motifs is 2. The van der Waals surface area contributed by atoms with Crippen LogP contribution in [0.3, 0.4) is 0 Å². The van der Waals surface area contributed by atoms with Gasteiger partial charge in [0.2, 0.25) is 5.91 Å². The summed E-state index contributed by atoms with van der Waals surface area (Å²) in [6.07, 6.45) is 5.26. The van der Waals surface area contributed by atoms with Crippen LogP contribution in [-0.2, 0) is 24.1 Å². The van der Waals surface area contributed by atoms with Crippen molar-refractivity contribution in [1.82, 2.24) is 0 Å². The summed E-state index contributed by atoms with van der Waals surface area (Å²) in [6.45, 7) is 1.50. The third-order valence-corrected chi connectivity index (χ3v) is 4.80. The highest BCUT2D eigenvalue weighted by Crippen LogP contribution is 2.30. The summed E-state index contributed by atoms with van der Waals surface area (Å²) < 4.78 is 5.65. The first-order valence-electron chi connectivity index (χ1n) is 8.53. The highest BCUT2D eigenvalue weighted by molar-refractivity contribution is 6.04. The molecule has 1 aliphatic rings. The zero-order chi connectivity index (χ0) is 17.4. The van der Waals surface area contributed by atoms with E-state index in [4.69, 9.17) is 4.42 Å². The third kappa shape index (κ3) is 2.95. The van der Waals surface area contributed by atoms with E-state index >= 15 is 0 Å². The molecule has 0 saturated carbocycles. The molecular formula is C21H19NO3. The predicted octanol–water partition coefficient (Wildman–Crippen LogP) is 4.31. The number of carbonyl (C=O) groups is 2. The maximum atomic E-state index is 12.5. The summed E-state index contributed by atoms with van der Waals surface area (Å²) in [7, 11) is 0. The Morgan fingerprint density at radius 2 is 1.88 bits per heavy atom. The first-order valence-corrected chi connectivity index (χ1v) is 8.53. The van der Waals surface area contributed by atoms with E-state index in [1.807, 2.05) is 0 Å². The summed E-state index contributed by atoms with van der Waals surface area (Å²) in [4.78, 5) is 24.1. The van der Waals surface area contributed by atoms with Gasteiger partial charge in [-0.15, -0.1) is 0 Å². The summed E-state index contributed by atoms with van der Waals surface area (Å²) >= 11 is 0. The van der Waals surface area contributed by atoms with Gasteiger partial charge in [-0.25, -0.2) is 0 Å². The molecule has 0 spiro atoms. The normalized spacial score (nSPS) is 13.0. The van der Waals surface area contributed by atoms with Crippen molar-refractivity contribution in [3.05, 3.63) is 64.9 Å². The average molecular weight is 333 g/mol. The van der Waals surface area contributed by atoms with Gasteiger partial charge in [0.15, 0.2) is 5.78 Å². The molecule has 0 fully saturated rings. The number of nitrogens with one attached hydrogen (secondary N) is 1. The Labute approximate surface area is 145 Å². The quantitative estimate of drug-likeness (QED) is 0.724. The van der Waals surface area contributed by atoms with E-state index in [2.05, 4.69) is 17.4 Å². The minimum absolute atomic E-state index is 0.0692. The number of Topliss-reactive ketones (excluding diaryl/α,β-unsaturated/α-hetero) is 1. The molecule has 3 aromatic rings. The number of carbonyl (C=O) groups excluding carboxylic acids is 2. The van der Waals surface area contributed by atoms with Crippen molar-refractivity contribution in [2.24, 2.45) is 0 Å². The number of benzene rings is 2. The number of para-hydroxylation sites is 1. The van der Waals surface area contributed by atoms with Gasteiger partial charge in [0, 0.05) is 16.5 Å². The van der Waals surface area contributed by atoms with Crippen LogP contribution in [0.2, 0.25) is 0 Å². The molecule has 0 bridgehead atoms. The van der Waals surface area contributed by atoms with Crippen molar-refractivity contribution in [2.75, 3.05) is 5.32 Å². The van der Waals surface area contributed by atoms with Crippen LogP contribution < -0.4 is 5.32 Å². The smallest absolute Gasteiger partial charge is 0.228 e. The van der Waals surface area contributed by atoms with E-state index in [1.165, 1.54) is 24.5 Å². The zero-order valence-corrected chi connectivity index (χ0v) is 14.1. The predicted molar refractivity (Wildman–Crippen MR) is 97.0 cm³/mol. The van der Waals surface area contributed by atoms with E-state index in [-0.39, 0.29) is 18.1 Å². The Morgan fingerprint density at radius 3 is 2.68 bits per heavy atom. The van der Waals surface area contributed by atoms with Gasteiger partial charge in [0.05, 0.1) is 18.4 Å². The number of amides is 1. The van der Waals surface area contributed by atoms with Gasteiger partial charge < -0.3 is 9.73 Å². The lowest BCUT2D eigenvalue weighted by Gasteiger charge is -2.08. The zero-order valence-electron chi connectivity index (χ0n) is 14.1. The molecule has 0 saturated heterocycles. The molecule has 4 rings (SSSR count). The van der Waals surface area contributed by atoms with Gasteiger partial charge in [-0.1, -0.05) is 12.1 Å². The van der Waals surface area contributed by atoms with Gasteiger partial charge in [0.25, 0.3) is 0 Å². The standard InChI is InChI=1S/C21H19NO3/c1-13(23)17-7-2-3-8-19(17)22-21(24)11-16-12-25-20-10-15-6-4-5-14(15)9-18(16)20/h2-3,7-10,12H,4-6,11H2,1H3,(H,22,24). The molecule has 4 heteroatoms. The Bertz CT molecular complexity index is 984. The monoisotopic (exact) mass is 333 g/mol. The Hall–Kier alpha value is -2.88. The molecule has 1 amide bonds. The summed E-state index contributed by atoms with van der Waals surface area (Å²) in [6, 6.07) is 11.3. The van der Waals surface area contributed by atoms with E-state index in [1.54, 1.807) is 30.5 Å². The van der Waals surface area contributed by atoms with E-state index in [9.17, 15) is 9.59 Å². The van der Waals surface area contributed by atoms with Crippen LogP contribution >= 0.6 is 0 Å². The van der Waals surface area contributed by atoms with Gasteiger partial charge in [0.1, 0.15) is 5.58 Å². The second kappa shape index (κ2) is 6.20. The summed E-state index contributed by atoms with van der Waals surface area (Å²) in [5, 5.41) is 3.86. The molecule has 0 atom stereocenters. The summed E-state index contributed by atoms with van der Waals surface area (Å²) in [5.41, 5.74) is 5.50. The molecule has 25 heavy (non-hydrogen) atoms.